The molecule has 7 heteroatoms. The Morgan fingerprint density at radius 1 is 1.46 bits per heavy atom. The molecule has 0 bridgehead atoms. The van der Waals surface area contributed by atoms with Crippen LogP contribution in [0, 0.1) is 0 Å². The Hall–Kier alpha value is -1.02. The molecule has 0 spiro atoms. The first-order valence-electron chi connectivity index (χ1n) is 8.97. The number of rotatable bonds is 6. The van der Waals surface area contributed by atoms with Gasteiger partial charge in [0.05, 0.1) is 11.7 Å². The van der Waals surface area contributed by atoms with E-state index in [1.807, 2.05) is 18.7 Å². The molecule has 0 radical (unpaired) electrons. The van der Waals surface area contributed by atoms with E-state index in [-0.39, 0.29) is 18.1 Å². The highest BCUT2D eigenvalue weighted by Gasteiger charge is 2.29. The van der Waals surface area contributed by atoms with Gasteiger partial charge >= 0.3 is 0 Å². The van der Waals surface area contributed by atoms with Crippen LogP contribution >= 0.6 is 11.3 Å². The van der Waals surface area contributed by atoms with Gasteiger partial charge in [0.2, 0.25) is 5.91 Å². The largest absolute Gasteiger partial charge is 0.372 e. The van der Waals surface area contributed by atoms with Crippen molar-refractivity contribution >= 4 is 17.2 Å². The van der Waals surface area contributed by atoms with Crippen LogP contribution in [0.15, 0.2) is 5.38 Å². The van der Waals surface area contributed by atoms with Crippen LogP contribution in [0.1, 0.15) is 43.5 Å². The number of carbonyl (C=O) groups is 1. The van der Waals surface area contributed by atoms with Crippen LogP contribution in [0.25, 0.3) is 0 Å². The summed E-state index contributed by atoms with van der Waals surface area (Å²) in [6.45, 7) is 10.1. The second kappa shape index (κ2) is 8.38. The van der Waals surface area contributed by atoms with E-state index in [0.29, 0.717) is 6.61 Å². The summed E-state index contributed by atoms with van der Waals surface area (Å²) in [4.78, 5) is 21.5. The molecule has 2 aliphatic rings. The summed E-state index contributed by atoms with van der Waals surface area (Å²) in [6.07, 6.45) is 2.17. The monoisotopic (exact) mass is 352 g/mol. The maximum atomic E-state index is 12.4. The number of carbonyl (C=O) groups excluding carboxylic acids is 1. The molecule has 1 amide bonds. The summed E-state index contributed by atoms with van der Waals surface area (Å²) in [6, 6.07) is 0.0534. The molecule has 2 atom stereocenters. The average molecular weight is 353 g/mol. The van der Waals surface area contributed by atoms with Gasteiger partial charge in [-0.2, -0.15) is 0 Å². The lowest BCUT2D eigenvalue weighted by Crippen LogP contribution is -2.52. The van der Waals surface area contributed by atoms with Crippen LogP contribution in [-0.2, 0) is 16.1 Å². The van der Waals surface area contributed by atoms with E-state index in [1.54, 1.807) is 11.3 Å². The van der Waals surface area contributed by atoms with Gasteiger partial charge in [0, 0.05) is 44.7 Å². The van der Waals surface area contributed by atoms with Crippen molar-refractivity contribution in [2.75, 3.05) is 39.3 Å². The minimum absolute atomic E-state index is 0.0534. The first-order chi connectivity index (χ1) is 11.7. The Bertz CT molecular complexity index is 536. The molecular weight excluding hydrogens is 324 g/mol. The molecule has 24 heavy (non-hydrogen) atoms. The van der Waals surface area contributed by atoms with Crippen LogP contribution < -0.4 is 5.32 Å². The van der Waals surface area contributed by atoms with Crippen LogP contribution in [0.3, 0.4) is 0 Å². The number of aromatic nitrogens is 1. The molecule has 2 unspecified atom stereocenters. The van der Waals surface area contributed by atoms with Crippen molar-refractivity contribution in [3.05, 3.63) is 16.1 Å². The zero-order valence-corrected chi connectivity index (χ0v) is 15.5. The van der Waals surface area contributed by atoms with Gasteiger partial charge in [-0.1, -0.05) is 0 Å². The molecule has 0 aromatic carbocycles. The Morgan fingerprint density at radius 3 is 2.92 bits per heavy atom. The molecule has 6 nitrogen and oxygen atoms in total. The lowest BCUT2D eigenvalue weighted by atomic mass is 10.2. The van der Waals surface area contributed by atoms with Crippen molar-refractivity contribution in [2.45, 2.75) is 45.4 Å². The summed E-state index contributed by atoms with van der Waals surface area (Å²) in [7, 11) is 0. The topological polar surface area (TPSA) is 57.7 Å². The van der Waals surface area contributed by atoms with Gasteiger partial charge in [0.1, 0.15) is 11.1 Å². The van der Waals surface area contributed by atoms with E-state index < -0.39 is 0 Å². The maximum absolute atomic E-state index is 12.4. The van der Waals surface area contributed by atoms with Gasteiger partial charge < -0.3 is 15.0 Å². The van der Waals surface area contributed by atoms with Crippen LogP contribution in [0.2, 0.25) is 0 Å². The second-order valence-electron chi connectivity index (χ2n) is 6.53. The lowest BCUT2D eigenvalue weighted by Gasteiger charge is -2.35. The van der Waals surface area contributed by atoms with E-state index in [2.05, 4.69) is 15.6 Å². The number of ether oxygens (including phenoxy) is 1. The van der Waals surface area contributed by atoms with Gasteiger partial charge in [0.25, 0.3) is 0 Å². The number of nitrogens with one attached hydrogen (secondary N) is 1. The number of hydrogen-bond donors (Lipinski definition) is 1. The maximum Gasteiger partial charge on any atom is 0.239 e. The molecule has 1 N–H and O–H groups in total. The first kappa shape index (κ1) is 17.8. The lowest BCUT2D eigenvalue weighted by molar-refractivity contribution is -0.134. The Kier molecular flexibility index (Phi) is 6.21. The van der Waals surface area contributed by atoms with Gasteiger partial charge in [0.15, 0.2) is 0 Å². The van der Waals surface area contributed by atoms with Crippen molar-refractivity contribution < 1.29 is 9.53 Å². The smallest absolute Gasteiger partial charge is 0.239 e. The summed E-state index contributed by atoms with van der Waals surface area (Å²) in [5, 5.41) is 6.48. The third-order valence-corrected chi connectivity index (χ3v) is 5.82. The van der Waals surface area contributed by atoms with Crippen LogP contribution in [-0.4, -0.2) is 66.1 Å². The van der Waals surface area contributed by atoms with Crippen molar-refractivity contribution in [1.82, 2.24) is 20.1 Å². The summed E-state index contributed by atoms with van der Waals surface area (Å²) < 4.78 is 5.60. The van der Waals surface area contributed by atoms with Crippen molar-refractivity contribution in [2.24, 2.45) is 0 Å². The second-order valence-corrected chi connectivity index (χ2v) is 7.41. The van der Waals surface area contributed by atoms with Crippen molar-refractivity contribution in [1.29, 1.82) is 0 Å². The molecule has 1 aromatic rings. The van der Waals surface area contributed by atoms with Crippen LogP contribution in [0.5, 0.6) is 0 Å². The molecule has 134 valence electrons. The minimum Gasteiger partial charge on any atom is -0.372 e. The van der Waals surface area contributed by atoms with Crippen molar-refractivity contribution in [3.8, 4) is 0 Å². The molecule has 0 aliphatic carbocycles. The highest BCUT2D eigenvalue weighted by atomic mass is 32.1. The fraction of sp³-hybridized carbons (Fsp3) is 0.765. The highest BCUT2D eigenvalue weighted by molar-refractivity contribution is 7.09. The normalized spacial score (nSPS) is 23.6. The van der Waals surface area contributed by atoms with Gasteiger partial charge in [-0.25, -0.2) is 4.98 Å². The van der Waals surface area contributed by atoms with E-state index in [4.69, 9.17) is 9.72 Å². The Labute approximate surface area is 148 Å². The summed E-state index contributed by atoms with van der Waals surface area (Å²) in [5.74, 6) is 0.286. The van der Waals surface area contributed by atoms with Crippen molar-refractivity contribution in [3.63, 3.8) is 0 Å². The number of amides is 1. The number of piperazine rings is 1. The molecule has 3 rings (SSSR count). The third-order valence-electron chi connectivity index (χ3n) is 4.76. The molecule has 1 aromatic heterocycles. The Balaban J connectivity index is 1.46. The number of thiazole rings is 1. The fourth-order valence-corrected chi connectivity index (χ4v) is 4.19. The van der Waals surface area contributed by atoms with E-state index in [9.17, 15) is 4.79 Å². The molecule has 2 aliphatic heterocycles. The van der Waals surface area contributed by atoms with Gasteiger partial charge in [-0.15, -0.1) is 11.3 Å². The number of hydrogen-bond acceptors (Lipinski definition) is 6. The molecule has 0 saturated carbocycles. The fourth-order valence-electron chi connectivity index (χ4n) is 3.37. The standard InChI is InChI=1S/C17H28N4O2S/c1-3-23-13(2)16-19-14(12-24-16)11-20-7-9-21(10-8-20)17(22)15-5-4-6-18-15/h12-13,15,18H,3-11H2,1-2H3. The third kappa shape index (κ3) is 4.33. The van der Waals surface area contributed by atoms with E-state index in [1.165, 1.54) is 0 Å². The van der Waals surface area contributed by atoms with E-state index >= 15 is 0 Å². The van der Waals surface area contributed by atoms with Gasteiger partial charge in [-0.05, 0) is 33.2 Å². The van der Waals surface area contributed by atoms with E-state index in [0.717, 1.165) is 62.8 Å². The molecule has 2 fully saturated rings. The molecule has 3 heterocycles. The molecular formula is C17H28N4O2S. The SMILES string of the molecule is CCOC(C)c1nc(CN2CCN(C(=O)C3CCCN3)CC2)cs1. The van der Waals surface area contributed by atoms with Gasteiger partial charge in [-0.3, -0.25) is 9.69 Å². The Morgan fingerprint density at radius 2 is 2.25 bits per heavy atom. The predicted octanol–water partition coefficient (Wildman–Crippen LogP) is 1.64. The summed E-state index contributed by atoms with van der Waals surface area (Å²) >= 11 is 1.67. The highest BCUT2D eigenvalue weighted by Crippen LogP contribution is 2.22. The summed E-state index contributed by atoms with van der Waals surface area (Å²) in [5.41, 5.74) is 1.11. The zero-order valence-electron chi connectivity index (χ0n) is 14.7. The molecule has 2 saturated heterocycles. The minimum atomic E-state index is 0.0534. The predicted molar refractivity (Wildman–Crippen MR) is 95.0 cm³/mol. The zero-order chi connectivity index (χ0) is 16.9. The number of nitrogens with zero attached hydrogens (tertiary/aromatic N) is 3. The first-order valence-corrected chi connectivity index (χ1v) is 9.85. The average Bonchev–Trinajstić information content (AvgIpc) is 3.27. The quantitative estimate of drug-likeness (QED) is 0.843. The van der Waals surface area contributed by atoms with Crippen LogP contribution in [0.4, 0.5) is 0 Å².